The Balaban J connectivity index is 2.40. The highest BCUT2D eigenvalue weighted by Crippen LogP contribution is 2.27. The topological polar surface area (TPSA) is 127 Å². The second-order valence-electron chi connectivity index (χ2n) is 5.81. The molecule has 2 aromatic carbocycles. The van der Waals surface area contributed by atoms with Gasteiger partial charge in [-0.15, -0.1) is 0 Å². The predicted octanol–water partition coefficient (Wildman–Crippen LogP) is 3.14. The number of aromatic carboxylic acids is 1. The van der Waals surface area contributed by atoms with Gasteiger partial charge in [0, 0.05) is 38.2 Å². The first-order valence-corrected chi connectivity index (χ1v) is 8.22. The molecule has 2 rings (SSSR count). The van der Waals surface area contributed by atoms with Crippen molar-refractivity contribution in [2.75, 3.05) is 7.05 Å². The minimum absolute atomic E-state index is 0.0134. The number of carbonyl (C=O) groups excluding carboxylic acids is 2. The molecular weight excluding hydrogens is 392 g/mol. The predicted molar refractivity (Wildman–Crippen MR) is 98.6 cm³/mol. The zero-order valence-corrected chi connectivity index (χ0v) is 15.6. The van der Waals surface area contributed by atoms with Crippen molar-refractivity contribution < 1.29 is 29.2 Å². The van der Waals surface area contributed by atoms with E-state index in [0.29, 0.717) is 0 Å². The van der Waals surface area contributed by atoms with Crippen molar-refractivity contribution in [1.29, 1.82) is 0 Å². The van der Waals surface area contributed by atoms with Gasteiger partial charge in [-0.2, -0.15) is 0 Å². The molecule has 10 heteroatoms. The van der Waals surface area contributed by atoms with E-state index in [9.17, 15) is 24.5 Å². The summed E-state index contributed by atoms with van der Waals surface area (Å²) in [6, 6.07) is 7.13. The average molecular weight is 407 g/mol. The summed E-state index contributed by atoms with van der Waals surface area (Å²) < 4.78 is 5.29. The quantitative estimate of drug-likeness (QED) is 0.338. The summed E-state index contributed by atoms with van der Waals surface area (Å²) >= 11 is 5.96. The van der Waals surface area contributed by atoms with Gasteiger partial charge in [0.25, 0.3) is 5.69 Å². The van der Waals surface area contributed by atoms with Crippen LogP contribution in [0.4, 0.5) is 5.69 Å². The molecule has 2 aromatic rings. The van der Waals surface area contributed by atoms with Crippen molar-refractivity contribution in [3.63, 3.8) is 0 Å². The molecule has 28 heavy (non-hydrogen) atoms. The van der Waals surface area contributed by atoms with Crippen LogP contribution in [0.5, 0.6) is 5.75 Å². The van der Waals surface area contributed by atoms with Crippen molar-refractivity contribution in [3.8, 4) is 5.75 Å². The van der Waals surface area contributed by atoms with E-state index < -0.39 is 16.9 Å². The number of nitro benzene ring substituents is 1. The van der Waals surface area contributed by atoms with E-state index in [1.807, 2.05) is 0 Å². The molecular formula is C18H15ClN2O7. The average Bonchev–Trinajstić information content (AvgIpc) is 2.62. The van der Waals surface area contributed by atoms with Gasteiger partial charge in [-0.05, 0) is 24.3 Å². The number of nitro groups is 1. The van der Waals surface area contributed by atoms with Crippen LogP contribution in [0.2, 0.25) is 5.02 Å². The summed E-state index contributed by atoms with van der Waals surface area (Å²) in [6.45, 7) is 1.28. The fourth-order valence-electron chi connectivity index (χ4n) is 2.24. The lowest BCUT2D eigenvalue weighted by atomic mass is 10.1. The first kappa shape index (κ1) is 20.8. The Morgan fingerprint density at radius 2 is 1.89 bits per heavy atom. The lowest BCUT2D eigenvalue weighted by Crippen LogP contribution is -2.23. The lowest BCUT2D eigenvalue weighted by molar-refractivity contribution is -0.384. The third-order valence-electron chi connectivity index (χ3n) is 3.84. The molecule has 0 aliphatic carbocycles. The summed E-state index contributed by atoms with van der Waals surface area (Å²) in [6.07, 6.45) is 0. The van der Waals surface area contributed by atoms with Crippen LogP contribution in [0.25, 0.3) is 0 Å². The highest BCUT2D eigenvalue weighted by molar-refractivity contribution is 6.33. The third kappa shape index (κ3) is 4.83. The number of nitrogens with zero attached hydrogens (tertiary/aromatic N) is 2. The fourth-order valence-corrected chi connectivity index (χ4v) is 2.43. The highest BCUT2D eigenvalue weighted by atomic mass is 35.5. The maximum atomic E-state index is 12.5. The molecule has 1 amide bonds. The normalized spacial score (nSPS) is 10.2. The van der Waals surface area contributed by atoms with Crippen molar-refractivity contribution in [2.45, 2.75) is 13.5 Å². The van der Waals surface area contributed by atoms with E-state index in [4.69, 9.17) is 21.4 Å². The zero-order valence-electron chi connectivity index (χ0n) is 14.8. The standard InChI is InChI=1S/C18H15ClN2O7/c1-10(22)20(2)9-12-7-13(21(26)27)4-6-16(12)28-18(25)14-8-11(17(23)24)3-5-15(14)19/h3-8H,9H2,1-2H3,(H,23,24). The number of hydrogen-bond donors (Lipinski definition) is 1. The number of amides is 1. The Kier molecular flexibility index (Phi) is 6.32. The molecule has 0 aliphatic heterocycles. The van der Waals surface area contributed by atoms with Crippen LogP contribution in [0.15, 0.2) is 36.4 Å². The summed E-state index contributed by atoms with van der Waals surface area (Å²) in [5.74, 6) is -2.49. The molecule has 0 unspecified atom stereocenters. The van der Waals surface area contributed by atoms with E-state index in [-0.39, 0.29) is 45.6 Å². The second kappa shape index (κ2) is 8.49. The molecule has 0 heterocycles. The Hall–Kier alpha value is -3.46. The number of ether oxygens (including phenoxy) is 1. The SMILES string of the molecule is CC(=O)N(C)Cc1cc([N+](=O)[O-])ccc1OC(=O)c1cc(C(=O)O)ccc1Cl. The summed E-state index contributed by atoms with van der Waals surface area (Å²) in [4.78, 5) is 46.7. The number of carboxylic acid groups (broad SMARTS) is 1. The Labute approximate surface area is 164 Å². The Bertz CT molecular complexity index is 974. The molecule has 0 saturated heterocycles. The smallest absolute Gasteiger partial charge is 0.345 e. The van der Waals surface area contributed by atoms with Gasteiger partial charge in [-0.1, -0.05) is 11.6 Å². The number of hydrogen-bond acceptors (Lipinski definition) is 6. The Morgan fingerprint density at radius 1 is 1.21 bits per heavy atom. The number of benzene rings is 2. The van der Waals surface area contributed by atoms with Gasteiger partial charge in [0.05, 0.1) is 21.1 Å². The largest absolute Gasteiger partial charge is 0.478 e. The lowest BCUT2D eigenvalue weighted by Gasteiger charge is -2.17. The molecule has 1 N–H and O–H groups in total. The maximum absolute atomic E-state index is 12.5. The molecule has 0 radical (unpaired) electrons. The number of non-ortho nitro benzene ring substituents is 1. The fraction of sp³-hybridized carbons (Fsp3) is 0.167. The van der Waals surface area contributed by atoms with Gasteiger partial charge < -0.3 is 14.7 Å². The van der Waals surface area contributed by atoms with E-state index >= 15 is 0 Å². The molecule has 0 aromatic heterocycles. The number of carboxylic acids is 1. The summed E-state index contributed by atoms with van der Waals surface area (Å²) in [5.41, 5.74) is -0.342. The molecule has 0 atom stereocenters. The van der Waals surface area contributed by atoms with E-state index in [2.05, 4.69) is 0 Å². The van der Waals surface area contributed by atoms with Crippen molar-refractivity contribution in [3.05, 3.63) is 68.2 Å². The van der Waals surface area contributed by atoms with Crippen molar-refractivity contribution in [2.24, 2.45) is 0 Å². The van der Waals surface area contributed by atoms with Gasteiger partial charge in [-0.25, -0.2) is 9.59 Å². The summed E-state index contributed by atoms with van der Waals surface area (Å²) in [7, 11) is 1.49. The minimum atomic E-state index is -1.25. The van der Waals surface area contributed by atoms with Crippen LogP contribution in [0.1, 0.15) is 33.2 Å². The maximum Gasteiger partial charge on any atom is 0.345 e. The van der Waals surface area contributed by atoms with Crippen LogP contribution in [-0.2, 0) is 11.3 Å². The molecule has 146 valence electrons. The van der Waals surface area contributed by atoms with Gasteiger partial charge in [0.15, 0.2) is 0 Å². The molecule has 0 bridgehead atoms. The number of carbonyl (C=O) groups is 3. The van der Waals surface area contributed by atoms with Gasteiger partial charge >= 0.3 is 11.9 Å². The second-order valence-corrected chi connectivity index (χ2v) is 6.22. The van der Waals surface area contributed by atoms with Crippen LogP contribution in [0.3, 0.4) is 0 Å². The van der Waals surface area contributed by atoms with Crippen LogP contribution >= 0.6 is 11.6 Å². The number of rotatable bonds is 6. The Morgan fingerprint density at radius 3 is 2.46 bits per heavy atom. The molecule has 9 nitrogen and oxygen atoms in total. The number of esters is 1. The van der Waals surface area contributed by atoms with Crippen LogP contribution < -0.4 is 4.74 Å². The van der Waals surface area contributed by atoms with Crippen LogP contribution in [-0.4, -0.2) is 39.8 Å². The number of halogens is 1. The highest BCUT2D eigenvalue weighted by Gasteiger charge is 2.20. The zero-order chi connectivity index (χ0) is 21.0. The molecule has 0 saturated carbocycles. The van der Waals surface area contributed by atoms with Crippen LogP contribution in [0, 0.1) is 10.1 Å². The molecule has 0 fully saturated rings. The summed E-state index contributed by atoms with van der Waals surface area (Å²) in [5, 5.41) is 20.1. The first-order valence-electron chi connectivity index (χ1n) is 7.84. The third-order valence-corrected chi connectivity index (χ3v) is 4.17. The van der Waals surface area contributed by atoms with Gasteiger partial charge in [-0.3, -0.25) is 14.9 Å². The van der Waals surface area contributed by atoms with E-state index in [1.165, 1.54) is 43.1 Å². The first-order chi connectivity index (χ1) is 13.1. The van der Waals surface area contributed by atoms with Crippen molar-refractivity contribution >= 4 is 35.1 Å². The molecule has 0 spiro atoms. The van der Waals surface area contributed by atoms with E-state index in [1.54, 1.807) is 0 Å². The monoisotopic (exact) mass is 406 g/mol. The van der Waals surface area contributed by atoms with Gasteiger partial charge in [0.1, 0.15) is 5.75 Å². The minimum Gasteiger partial charge on any atom is -0.478 e. The molecule has 0 aliphatic rings. The van der Waals surface area contributed by atoms with E-state index in [0.717, 1.165) is 12.1 Å². The van der Waals surface area contributed by atoms with Gasteiger partial charge in [0.2, 0.25) is 5.91 Å². The van der Waals surface area contributed by atoms with Crippen molar-refractivity contribution in [1.82, 2.24) is 4.90 Å².